The molecular formula is C16H22N2. The first kappa shape index (κ1) is 12.9. The lowest BCUT2D eigenvalue weighted by Crippen LogP contribution is -2.20. The minimum absolute atomic E-state index is 0.381. The number of nitrogens with zero attached hydrogens (tertiary/aromatic N) is 1. The molecule has 0 bridgehead atoms. The van der Waals surface area contributed by atoms with Gasteiger partial charge in [-0.05, 0) is 44.0 Å². The second-order valence-electron chi connectivity index (χ2n) is 4.74. The summed E-state index contributed by atoms with van der Waals surface area (Å²) < 4.78 is 2.28. The predicted molar refractivity (Wildman–Crippen MR) is 76.5 cm³/mol. The molecule has 0 radical (unpaired) electrons. The largest absolute Gasteiger partial charge is 0.351 e. The molecule has 0 saturated heterocycles. The third-order valence-corrected chi connectivity index (χ3v) is 3.51. The summed E-state index contributed by atoms with van der Waals surface area (Å²) >= 11 is 0. The number of rotatable bonds is 5. The van der Waals surface area contributed by atoms with Gasteiger partial charge in [-0.2, -0.15) is 0 Å². The van der Waals surface area contributed by atoms with Crippen LogP contribution in [0.2, 0.25) is 0 Å². The highest BCUT2D eigenvalue weighted by Crippen LogP contribution is 2.17. The van der Waals surface area contributed by atoms with Crippen molar-refractivity contribution in [2.75, 3.05) is 0 Å². The SMILES string of the molecule is CCn1cccc1CNC(C)c1ccccc1C. The Morgan fingerprint density at radius 3 is 2.67 bits per heavy atom. The Labute approximate surface area is 110 Å². The monoisotopic (exact) mass is 242 g/mol. The van der Waals surface area contributed by atoms with E-state index in [2.05, 4.69) is 73.3 Å². The van der Waals surface area contributed by atoms with Gasteiger partial charge >= 0.3 is 0 Å². The van der Waals surface area contributed by atoms with E-state index in [1.54, 1.807) is 0 Å². The van der Waals surface area contributed by atoms with Crippen molar-refractivity contribution in [1.82, 2.24) is 9.88 Å². The highest BCUT2D eigenvalue weighted by molar-refractivity contribution is 5.28. The first-order valence-corrected chi connectivity index (χ1v) is 6.65. The van der Waals surface area contributed by atoms with Gasteiger partial charge in [0.15, 0.2) is 0 Å². The van der Waals surface area contributed by atoms with Crippen LogP contribution in [0.3, 0.4) is 0 Å². The summed E-state index contributed by atoms with van der Waals surface area (Å²) in [6, 6.07) is 13.2. The van der Waals surface area contributed by atoms with Crippen LogP contribution >= 0.6 is 0 Å². The van der Waals surface area contributed by atoms with Gasteiger partial charge in [0.2, 0.25) is 0 Å². The molecule has 2 heteroatoms. The van der Waals surface area contributed by atoms with Crippen LogP contribution in [0.4, 0.5) is 0 Å². The lowest BCUT2D eigenvalue weighted by Gasteiger charge is -2.17. The van der Waals surface area contributed by atoms with Gasteiger partial charge in [0.1, 0.15) is 0 Å². The molecule has 1 heterocycles. The molecule has 1 aromatic carbocycles. The summed E-state index contributed by atoms with van der Waals surface area (Å²) in [5.41, 5.74) is 4.08. The standard InChI is InChI=1S/C16H22N2/c1-4-18-11-7-9-15(18)12-17-14(3)16-10-6-5-8-13(16)2/h5-11,14,17H,4,12H2,1-3H3. The van der Waals surface area contributed by atoms with E-state index < -0.39 is 0 Å². The maximum Gasteiger partial charge on any atom is 0.0364 e. The predicted octanol–water partition coefficient (Wildman–Crippen LogP) is 3.67. The Morgan fingerprint density at radius 1 is 1.17 bits per heavy atom. The fourth-order valence-corrected chi connectivity index (χ4v) is 2.36. The molecule has 1 atom stereocenters. The van der Waals surface area contributed by atoms with Crippen molar-refractivity contribution < 1.29 is 0 Å². The fourth-order valence-electron chi connectivity index (χ4n) is 2.36. The van der Waals surface area contributed by atoms with Crippen molar-refractivity contribution in [2.24, 2.45) is 0 Å². The van der Waals surface area contributed by atoms with Crippen LogP contribution in [0, 0.1) is 6.92 Å². The summed E-state index contributed by atoms with van der Waals surface area (Å²) in [5.74, 6) is 0. The van der Waals surface area contributed by atoms with Crippen LogP contribution in [0.5, 0.6) is 0 Å². The van der Waals surface area contributed by atoms with Gasteiger partial charge in [-0.1, -0.05) is 24.3 Å². The van der Waals surface area contributed by atoms with Crippen molar-refractivity contribution >= 4 is 0 Å². The van der Waals surface area contributed by atoms with E-state index in [4.69, 9.17) is 0 Å². The minimum atomic E-state index is 0.381. The zero-order valence-electron chi connectivity index (χ0n) is 11.5. The Bertz CT molecular complexity index is 499. The number of aryl methyl sites for hydroxylation is 2. The summed E-state index contributed by atoms with van der Waals surface area (Å²) in [6.07, 6.45) is 2.13. The quantitative estimate of drug-likeness (QED) is 0.846. The molecule has 1 unspecified atom stereocenters. The molecule has 0 fully saturated rings. The molecule has 2 aromatic rings. The molecular weight excluding hydrogens is 220 g/mol. The Morgan fingerprint density at radius 2 is 1.94 bits per heavy atom. The maximum absolute atomic E-state index is 3.60. The van der Waals surface area contributed by atoms with Crippen LogP contribution in [-0.4, -0.2) is 4.57 Å². The summed E-state index contributed by atoms with van der Waals surface area (Å²) in [5, 5.41) is 3.60. The van der Waals surface area contributed by atoms with E-state index >= 15 is 0 Å². The van der Waals surface area contributed by atoms with Crippen LogP contribution in [0.1, 0.15) is 36.7 Å². The molecule has 0 aliphatic carbocycles. The fraction of sp³-hybridized carbons (Fsp3) is 0.375. The summed E-state index contributed by atoms with van der Waals surface area (Å²) in [7, 11) is 0. The Kier molecular flexibility index (Phi) is 4.21. The zero-order chi connectivity index (χ0) is 13.0. The highest BCUT2D eigenvalue weighted by Gasteiger charge is 2.08. The summed E-state index contributed by atoms with van der Waals surface area (Å²) in [6.45, 7) is 8.51. The lowest BCUT2D eigenvalue weighted by molar-refractivity contribution is 0.548. The van der Waals surface area contributed by atoms with Crippen LogP contribution in [0.25, 0.3) is 0 Å². The topological polar surface area (TPSA) is 17.0 Å². The van der Waals surface area contributed by atoms with E-state index in [0.29, 0.717) is 6.04 Å². The van der Waals surface area contributed by atoms with E-state index in [1.807, 2.05) is 0 Å². The smallest absolute Gasteiger partial charge is 0.0364 e. The third kappa shape index (κ3) is 2.82. The highest BCUT2D eigenvalue weighted by atomic mass is 15.0. The van der Waals surface area contributed by atoms with Crippen LogP contribution < -0.4 is 5.32 Å². The van der Waals surface area contributed by atoms with Gasteiger partial charge in [-0.3, -0.25) is 0 Å². The normalized spacial score (nSPS) is 12.6. The average molecular weight is 242 g/mol. The number of nitrogens with one attached hydrogen (secondary N) is 1. The molecule has 0 aliphatic heterocycles. The van der Waals surface area contributed by atoms with Crippen molar-refractivity contribution in [2.45, 2.75) is 39.9 Å². The van der Waals surface area contributed by atoms with Crippen molar-refractivity contribution in [3.63, 3.8) is 0 Å². The van der Waals surface area contributed by atoms with Gasteiger partial charge in [-0.25, -0.2) is 0 Å². The molecule has 0 amide bonds. The van der Waals surface area contributed by atoms with E-state index in [0.717, 1.165) is 13.1 Å². The van der Waals surface area contributed by atoms with E-state index in [1.165, 1.54) is 16.8 Å². The zero-order valence-corrected chi connectivity index (χ0v) is 11.5. The number of hydrogen-bond acceptors (Lipinski definition) is 1. The van der Waals surface area contributed by atoms with Crippen LogP contribution in [0.15, 0.2) is 42.6 Å². The van der Waals surface area contributed by atoms with Gasteiger partial charge in [0.25, 0.3) is 0 Å². The molecule has 0 aliphatic rings. The molecule has 96 valence electrons. The molecule has 18 heavy (non-hydrogen) atoms. The molecule has 0 spiro atoms. The van der Waals surface area contributed by atoms with Crippen molar-refractivity contribution in [3.8, 4) is 0 Å². The van der Waals surface area contributed by atoms with Crippen molar-refractivity contribution in [3.05, 3.63) is 59.4 Å². The lowest BCUT2D eigenvalue weighted by atomic mass is 10.0. The number of benzene rings is 1. The van der Waals surface area contributed by atoms with Gasteiger partial charge < -0.3 is 9.88 Å². The van der Waals surface area contributed by atoms with E-state index in [9.17, 15) is 0 Å². The number of hydrogen-bond donors (Lipinski definition) is 1. The second-order valence-corrected chi connectivity index (χ2v) is 4.74. The summed E-state index contributed by atoms with van der Waals surface area (Å²) in [4.78, 5) is 0. The minimum Gasteiger partial charge on any atom is -0.351 e. The molecule has 1 aromatic heterocycles. The second kappa shape index (κ2) is 5.87. The van der Waals surface area contributed by atoms with E-state index in [-0.39, 0.29) is 0 Å². The Hall–Kier alpha value is -1.54. The average Bonchev–Trinajstić information content (AvgIpc) is 2.84. The molecule has 1 N–H and O–H groups in total. The van der Waals surface area contributed by atoms with Gasteiger partial charge in [0.05, 0.1) is 0 Å². The van der Waals surface area contributed by atoms with Crippen LogP contribution in [-0.2, 0) is 13.1 Å². The molecule has 2 rings (SSSR count). The number of aromatic nitrogens is 1. The molecule has 0 saturated carbocycles. The first-order valence-electron chi connectivity index (χ1n) is 6.65. The van der Waals surface area contributed by atoms with Gasteiger partial charge in [0, 0.05) is 31.0 Å². The van der Waals surface area contributed by atoms with Crippen molar-refractivity contribution in [1.29, 1.82) is 0 Å². The first-order chi connectivity index (χ1) is 8.72. The van der Waals surface area contributed by atoms with Gasteiger partial charge in [-0.15, -0.1) is 0 Å². The maximum atomic E-state index is 3.60. The third-order valence-electron chi connectivity index (χ3n) is 3.51. The Balaban J connectivity index is 2.01. The molecule has 2 nitrogen and oxygen atoms in total.